The predicted octanol–water partition coefficient (Wildman–Crippen LogP) is 5.53. The van der Waals surface area contributed by atoms with Crippen molar-refractivity contribution in [3.63, 3.8) is 0 Å². The number of halogens is 2. The molecule has 0 aromatic heterocycles. The van der Waals surface area contributed by atoms with Crippen LogP contribution >= 0.6 is 23.2 Å². The first-order valence-electron chi connectivity index (χ1n) is 5.66. The van der Waals surface area contributed by atoms with Crippen LogP contribution in [0.2, 0.25) is 10.0 Å². The summed E-state index contributed by atoms with van der Waals surface area (Å²) in [5.41, 5.74) is 4.73. The molecule has 2 heteroatoms. The number of aryl methyl sites for hydroxylation is 2. The molecule has 2 aromatic rings. The van der Waals surface area contributed by atoms with E-state index in [-0.39, 0.29) is 0 Å². The Kier molecular flexibility index (Phi) is 3.76. The number of rotatable bonds is 2. The van der Waals surface area contributed by atoms with Crippen LogP contribution in [-0.4, -0.2) is 0 Å². The fourth-order valence-electron chi connectivity index (χ4n) is 1.92. The molecule has 0 atom stereocenters. The van der Waals surface area contributed by atoms with Crippen LogP contribution in [0.25, 0.3) is 11.1 Å². The molecule has 0 nitrogen and oxygen atoms in total. The Morgan fingerprint density at radius 2 is 1.71 bits per heavy atom. The van der Waals surface area contributed by atoms with Crippen molar-refractivity contribution >= 4 is 23.2 Å². The second-order valence-electron chi connectivity index (χ2n) is 4.16. The molecular weight excluding hydrogens is 251 g/mol. The predicted molar refractivity (Wildman–Crippen MR) is 76.0 cm³/mol. The maximum Gasteiger partial charge on any atom is 0.0414 e. The molecule has 0 amide bonds. The zero-order chi connectivity index (χ0) is 12.4. The Hall–Kier alpha value is -0.980. The SMILES string of the molecule is CCc1cc(Cl)cc(-c2cc(Cl)ccc2C)c1. The Morgan fingerprint density at radius 1 is 0.941 bits per heavy atom. The third kappa shape index (κ3) is 2.83. The van der Waals surface area contributed by atoms with Gasteiger partial charge in [0.15, 0.2) is 0 Å². The van der Waals surface area contributed by atoms with Crippen molar-refractivity contribution in [1.82, 2.24) is 0 Å². The van der Waals surface area contributed by atoms with Crippen molar-refractivity contribution in [2.75, 3.05) is 0 Å². The molecule has 2 rings (SSSR count). The Labute approximate surface area is 112 Å². The van der Waals surface area contributed by atoms with Gasteiger partial charge in [0.25, 0.3) is 0 Å². The van der Waals surface area contributed by atoms with Crippen LogP contribution in [0.5, 0.6) is 0 Å². The molecule has 0 aliphatic carbocycles. The van der Waals surface area contributed by atoms with Gasteiger partial charge >= 0.3 is 0 Å². The molecule has 0 unspecified atom stereocenters. The van der Waals surface area contributed by atoms with Gasteiger partial charge in [-0.15, -0.1) is 0 Å². The molecule has 2 aromatic carbocycles. The van der Waals surface area contributed by atoms with E-state index in [4.69, 9.17) is 23.2 Å². The summed E-state index contributed by atoms with van der Waals surface area (Å²) < 4.78 is 0. The third-order valence-electron chi connectivity index (χ3n) is 2.88. The largest absolute Gasteiger partial charge is 0.0843 e. The second kappa shape index (κ2) is 5.12. The Morgan fingerprint density at radius 3 is 2.41 bits per heavy atom. The van der Waals surface area contributed by atoms with Gasteiger partial charge < -0.3 is 0 Å². The van der Waals surface area contributed by atoms with Crippen LogP contribution in [-0.2, 0) is 6.42 Å². The first-order valence-corrected chi connectivity index (χ1v) is 6.41. The van der Waals surface area contributed by atoms with Gasteiger partial charge in [-0.1, -0.05) is 42.3 Å². The van der Waals surface area contributed by atoms with E-state index in [1.54, 1.807) is 0 Å². The lowest BCUT2D eigenvalue weighted by atomic mass is 9.98. The molecule has 0 N–H and O–H groups in total. The highest BCUT2D eigenvalue weighted by Gasteiger charge is 2.05. The fraction of sp³-hybridized carbons (Fsp3) is 0.200. The monoisotopic (exact) mass is 264 g/mol. The van der Waals surface area contributed by atoms with Crippen molar-refractivity contribution < 1.29 is 0 Å². The molecule has 0 aliphatic heterocycles. The molecular formula is C15H14Cl2. The topological polar surface area (TPSA) is 0 Å². The Balaban J connectivity index is 2.59. The van der Waals surface area contributed by atoms with Crippen molar-refractivity contribution in [2.45, 2.75) is 20.3 Å². The van der Waals surface area contributed by atoms with Crippen molar-refractivity contribution in [2.24, 2.45) is 0 Å². The van der Waals surface area contributed by atoms with Gasteiger partial charge in [0.05, 0.1) is 0 Å². The molecule has 0 heterocycles. The van der Waals surface area contributed by atoms with Crippen LogP contribution in [0, 0.1) is 6.92 Å². The van der Waals surface area contributed by atoms with E-state index in [2.05, 4.69) is 19.9 Å². The zero-order valence-corrected chi connectivity index (χ0v) is 11.4. The average molecular weight is 265 g/mol. The van der Waals surface area contributed by atoms with Gasteiger partial charge in [-0.2, -0.15) is 0 Å². The maximum atomic E-state index is 6.14. The first kappa shape index (κ1) is 12.5. The highest BCUT2D eigenvalue weighted by molar-refractivity contribution is 6.31. The molecule has 0 bridgehead atoms. The smallest absolute Gasteiger partial charge is 0.0414 e. The average Bonchev–Trinajstić information content (AvgIpc) is 2.31. The van der Waals surface area contributed by atoms with Crippen molar-refractivity contribution in [3.8, 4) is 11.1 Å². The van der Waals surface area contributed by atoms with Gasteiger partial charge in [-0.05, 0) is 59.9 Å². The normalized spacial score (nSPS) is 10.6. The summed E-state index contributed by atoms with van der Waals surface area (Å²) in [6.07, 6.45) is 0.979. The lowest BCUT2D eigenvalue weighted by molar-refractivity contribution is 1.14. The van der Waals surface area contributed by atoms with E-state index in [0.717, 1.165) is 27.6 Å². The van der Waals surface area contributed by atoms with Crippen LogP contribution < -0.4 is 0 Å². The summed E-state index contributed by atoms with van der Waals surface area (Å²) in [6.45, 7) is 4.21. The van der Waals surface area contributed by atoms with Gasteiger partial charge in [0.2, 0.25) is 0 Å². The van der Waals surface area contributed by atoms with E-state index in [9.17, 15) is 0 Å². The lowest BCUT2D eigenvalue weighted by Crippen LogP contribution is -1.87. The molecule has 0 spiro atoms. The minimum atomic E-state index is 0.753. The summed E-state index contributed by atoms with van der Waals surface area (Å²) >= 11 is 12.2. The van der Waals surface area contributed by atoms with Gasteiger partial charge in [-0.25, -0.2) is 0 Å². The summed E-state index contributed by atoms with van der Waals surface area (Å²) in [5, 5.41) is 1.53. The quantitative estimate of drug-likeness (QED) is 0.669. The number of hydrogen-bond acceptors (Lipinski definition) is 0. The van der Waals surface area contributed by atoms with E-state index >= 15 is 0 Å². The van der Waals surface area contributed by atoms with E-state index < -0.39 is 0 Å². The van der Waals surface area contributed by atoms with Crippen molar-refractivity contribution in [1.29, 1.82) is 0 Å². The molecule has 0 saturated heterocycles. The van der Waals surface area contributed by atoms with Crippen LogP contribution in [0.15, 0.2) is 36.4 Å². The summed E-state index contributed by atoms with van der Waals surface area (Å²) in [4.78, 5) is 0. The zero-order valence-electron chi connectivity index (χ0n) is 9.93. The van der Waals surface area contributed by atoms with Crippen LogP contribution in [0.3, 0.4) is 0 Å². The van der Waals surface area contributed by atoms with Gasteiger partial charge in [-0.3, -0.25) is 0 Å². The number of benzene rings is 2. The number of hydrogen-bond donors (Lipinski definition) is 0. The van der Waals surface area contributed by atoms with Gasteiger partial charge in [0.1, 0.15) is 0 Å². The lowest BCUT2D eigenvalue weighted by Gasteiger charge is -2.09. The highest BCUT2D eigenvalue weighted by atomic mass is 35.5. The van der Waals surface area contributed by atoms with Crippen molar-refractivity contribution in [3.05, 3.63) is 57.6 Å². The van der Waals surface area contributed by atoms with E-state index in [1.165, 1.54) is 11.1 Å². The van der Waals surface area contributed by atoms with Crippen LogP contribution in [0.4, 0.5) is 0 Å². The Bertz CT molecular complexity index is 545. The maximum absolute atomic E-state index is 6.14. The summed E-state index contributed by atoms with van der Waals surface area (Å²) in [5.74, 6) is 0. The fourth-order valence-corrected chi connectivity index (χ4v) is 2.35. The summed E-state index contributed by atoms with van der Waals surface area (Å²) in [7, 11) is 0. The molecule has 17 heavy (non-hydrogen) atoms. The minimum absolute atomic E-state index is 0.753. The molecule has 0 aliphatic rings. The van der Waals surface area contributed by atoms with Gasteiger partial charge in [0, 0.05) is 10.0 Å². The second-order valence-corrected chi connectivity index (χ2v) is 5.03. The van der Waals surface area contributed by atoms with E-state index in [1.807, 2.05) is 30.3 Å². The minimum Gasteiger partial charge on any atom is -0.0843 e. The molecule has 88 valence electrons. The highest BCUT2D eigenvalue weighted by Crippen LogP contribution is 2.29. The third-order valence-corrected chi connectivity index (χ3v) is 3.33. The first-order chi connectivity index (χ1) is 8.10. The van der Waals surface area contributed by atoms with E-state index in [0.29, 0.717) is 0 Å². The molecule has 0 saturated carbocycles. The summed E-state index contributed by atoms with van der Waals surface area (Å²) in [6, 6.07) is 12.1. The standard InChI is InChI=1S/C15H14Cl2/c1-3-11-6-12(8-14(17)7-11)15-9-13(16)5-4-10(15)2/h4-9H,3H2,1-2H3. The van der Waals surface area contributed by atoms with Crippen LogP contribution in [0.1, 0.15) is 18.1 Å². The molecule has 0 radical (unpaired) electrons. The molecule has 0 fully saturated rings.